The van der Waals surface area contributed by atoms with Gasteiger partial charge >= 0.3 is 0 Å². The molecule has 9 heteroatoms. The van der Waals surface area contributed by atoms with Crippen molar-refractivity contribution < 1.29 is 0 Å². The van der Waals surface area contributed by atoms with E-state index in [1.165, 1.54) is 28.0 Å². The highest BCUT2D eigenvalue weighted by atomic mass is 127. The zero-order chi connectivity index (χ0) is 19.3. The molecular weight excluding hydrogens is 497 g/mol. The fraction of sp³-hybridized carbons (Fsp3) is 0.450. The molecule has 0 atom stereocenters. The third-order valence-electron chi connectivity index (χ3n) is 5.19. The van der Waals surface area contributed by atoms with Gasteiger partial charge in [0.15, 0.2) is 5.96 Å². The van der Waals surface area contributed by atoms with Crippen LogP contribution in [-0.2, 0) is 12.8 Å². The maximum Gasteiger partial charge on any atom is 0.205 e. The van der Waals surface area contributed by atoms with E-state index < -0.39 is 0 Å². The Kier molecular flexibility index (Phi) is 7.70. The molecule has 1 aliphatic rings. The number of piperazine rings is 1. The van der Waals surface area contributed by atoms with Gasteiger partial charge in [-0.3, -0.25) is 4.99 Å². The Morgan fingerprint density at radius 2 is 2.03 bits per heavy atom. The number of aryl methyl sites for hydroxylation is 1. The van der Waals surface area contributed by atoms with Crippen LogP contribution in [0, 0.1) is 0 Å². The third-order valence-corrected chi connectivity index (χ3v) is 6.00. The standard InChI is InChI=1S/C20H27N7S.HI/c1-3-18-24-20(28-25-18)27-12-10-26(11-13-27)19(21-2)22-9-8-15-14-23-17-7-5-4-6-16(15)17;/h4-7,14,23H,3,8-13H2,1-2H3,(H,21,22);1H. The molecule has 29 heavy (non-hydrogen) atoms. The predicted octanol–water partition coefficient (Wildman–Crippen LogP) is 3.14. The Morgan fingerprint density at radius 3 is 2.76 bits per heavy atom. The quantitative estimate of drug-likeness (QED) is 0.304. The Hall–Kier alpha value is -1.88. The summed E-state index contributed by atoms with van der Waals surface area (Å²) in [6.45, 7) is 6.73. The Bertz CT molecular complexity index is 943. The molecule has 0 spiro atoms. The van der Waals surface area contributed by atoms with Crippen LogP contribution in [0.3, 0.4) is 0 Å². The fourth-order valence-corrected chi connectivity index (χ4v) is 4.41. The molecule has 0 radical (unpaired) electrons. The van der Waals surface area contributed by atoms with Crippen molar-refractivity contribution in [3.8, 4) is 0 Å². The Morgan fingerprint density at radius 1 is 1.24 bits per heavy atom. The number of aliphatic imine (C=N–C) groups is 1. The molecule has 3 heterocycles. The van der Waals surface area contributed by atoms with E-state index in [0.29, 0.717) is 0 Å². The molecule has 4 rings (SSSR count). The van der Waals surface area contributed by atoms with Crippen LogP contribution in [0.4, 0.5) is 5.13 Å². The second-order valence-corrected chi connectivity index (χ2v) is 7.63. The van der Waals surface area contributed by atoms with E-state index in [1.54, 1.807) is 0 Å². The largest absolute Gasteiger partial charge is 0.361 e. The van der Waals surface area contributed by atoms with Gasteiger partial charge in [-0.2, -0.15) is 4.37 Å². The molecule has 0 aliphatic carbocycles. The molecule has 0 saturated carbocycles. The molecule has 1 saturated heterocycles. The lowest BCUT2D eigenvalue weighted by molar-refractivity contribution is 0.372. The van der Waals surface area contributed by atoms with Gasteiger partial charge in [0.2, 0.25) is 5.13 Å². The molecule has 0 amide bonds. The number of aromatic nitrogens is 3. The van der Waals surface area contributed by atoms with Crippen molar-refractivity contribution >= 4 is 57.5 Å². The van der Waals surface area contributed by atoms with Crippen LogP contribution in [0.1, 0.15) is 18.3 Å². The Balaban J connectivity index is 0.00000240. The molecule has 0 unspecified atom stereocenters. The van der Waals surface area contributed by atoms with Gasteiger partial charge in [-0.25, -0.2) is 4.98 Å². The number of para-hydroxylation sites is 1. The minimum absolute atomic E-state index is 0. The summed E-state index contributed by atoms with van der Waals surface area (Å²) in [5.74, 6) is 1.92. The lowest BCUT2D eigenvalue weighted by Crippen LogP contribution is -2.52. The first-order chi connectivity index (χ1) is 13.8. The molecule has 3 aromatic rings. The van der Waals surface area contributed by atoms with Crippen molar-refractivity contribution in [1.29, 1.82) is 0 Å². The van der Waals surface area contributed by atoms with Crippen LogP contribution in [0.2, 0.25) is 0 Å². The van der Waals surface area contributed by atoms with Crippen LogP contribution in [-0.4, -0.2) is 65.0 Å². The summed E-state index contributed by atoms with van der Waals surface area (Å²) >= 11 is 1.51. The van der Waals surface area contributed by atoms with E-state index in [0.717, 1.165) is 62.5 Å². The number of anilines is 1. The van der Waals surface area contributed by atoms with Crippen molar-refractivity contribution in [1.82, 2.24) is 24.6 Å². The average molecular weight is 525 g/mol. The smallest absolute Gasteiger partial charge is 0.205 e. The van der Waals surface area contributed by atoms with E-state index in [-0.39, 0.29) is 24.0 Å². The summed E-state index contributed by atoms with van der Waals surface area (Å²) < 4.78 is 4.40. The highest BCUT2D eigenvalue weighted by molar-refractivity contribution is 14.0. The molecule has 7 nitrogen and oxygen atoms in total. The van der Waals surface area contributed by atoms with E-state index >= 15 is 0 Å². The second kappa shape index (κ2) is 10.2. The van der Waals surface area contributed by atoms with Crippen LogP contribution >= 0.6 is 35.5 Å². The van der Waals surface area contributed by atoms with Crippen LogP contribution in [0.5, 0.6) is 0 Å². The normalized spacial score (nSPS) is 14.9. The predicted molar refractivity (Wildman–Crippen MR) is 132 cm³/mol. The van der Waals surface area contributed by atoms with E-state index in [2.05, 4.69) is 71.8 Å². The van der Waals surface area contributed by atoms with E-state index in [9.17, 15) is 0 Å². The number of fused-ring (bicyclic) bond motifs is 1. The molecule has 1 aliphatic heterocycles. The first-order valence-corrected chi connectivity index (χ1v) is 10.6. The monoisotopic (exact) mass is 525 g/mol. The first kappa shape index (κ1) is 21.8. The van der Waals surface area contributed by atoms with Crippen molar-refractivity contribution in [2.24, 2.45) is 4.99 Å². The summed E-state index contributed by atoms with van der Waals surface area (Å²) in [7, 11) is 1.86. The summed E-state index contributed by atoms with van der Waals surface area (Å²) in [5.41, 5.74) is 2.53. The lowest BCUT2D eigenvalue weighted by atomic mass is 10.1. The zero-order valence-electron chi connectivity index (χ0n) is 16.9. The number of guanidine groups is 1. The van der Waals surface area contributed by atoms with Crippen LogP contribution < -0.4 is 10.2 Å². The van der Waals surface area contributed by atoms with Crippen LogP contribution in [0.15, 0.2) is 35.5 Å². The van der Waals surface area contributed by atoms with Gasteiger partial charge in [-0.1, -0.05) is 25.1 Å². The molecule has 156 valence electrons. The number of H-pyrrole nitrogens is 1. The lowest BCUT2D eigenvalue weighted by Gasteiger charge is -2.36. The molecule has 2 aromatic heterocycles. The first-order valence-electron chi connectivity index (χ1n) is 9.86. The van der Waals surface area contributed by atoms with Gasteiger partial charge in [-0.05, 0) is 18.1 Å². The van der Waals surface area contributed by atoms with Crippen molar-refractivity contribution in [3.05, 3.63) is 41.9 Å². The average Bonchev–Trinajstić information content (AvgIpc) is 3.39. The highest BCUT2D eigenvalue weighted by Crippen LogP contribution is 2.20. The Labute approximate surface area is 192 Å². The number of halogens is 1. The van der Waals surface area contributed by atoms with Gasteiger partial charge in [-0.15, -0.1) is 24.0 Å². The topological polar surface area (TPSA) is 72.4 Å². The van der Waals surface area contributed by atoms with Crippen molar-refractivity contribution in [2.45, 2.75) is 19.8 Å². The van der Waals surface area contributed by atoms with Gasteiger partial charge in [0.25, 0.3) is 0 Å². The maximum absolute atomic E-state index is 4.61. The van der Waals surface area contributed by atoms with Crippen molar-refractivity contribution in [3.63, 3.8) is 0 Å². The van der Waals surface area contributed by atoms with E-state index in [1.807, 2.05) is 7.05 Å². The highest BCUT2D eigenvalue weighted by Gasteiger charge is 2.22. The molecule has 1 fully saturated rings. The number of nitrogens with one attached hydrogen (secondary N) is 2. The van der Waals surface area contributed by atoms with Gasteiger partial charge in [0.05, 0.1) is 0 Å². The minimum Gasteiger partial charge on any atom is -0.361 e. The number of rotatable bonds is 5. The number of aromatic amines is 1. The van der Waals surface area contributed by atoms with Crippen molar-refractivity contribution in [2.75, 3.05) is 44.7 Å². The van der Waals surface area contributed by atoms with Gasteiger partial charge in [0, 0.05) is 74.8 Å². The van der Waals surface area contributed by atoms with Gasteiger partial charge in [0.1, 0.15) is 5.82 Å². The summed E-state index contributed by atoms with van der Waals surface area (Å²) in [4.78, 5) is 17.1. The molecule has 2 N–H and O–H groups in total. The number of benzene rings is 1. The maximum atomic E-state index is 4.61. The minimum atomic E-state index is 0. The summed E-state index contributed by atoms with van der Waals surface area (Å²) in [5, 5.41) is 5.87. The third kappa shape index (κ3) is 5.00. The molecule has 1 aromatic carbocycles. The molecular formula is C20H28IN7S. The van der Waals surface area contributed by atoms with Crippen LogP contribution in [0.25, 0.3) is 10.9 Å². The zero-order valence-corrected chi connectivity index (χ0v) is 20.0. The SMILES string of the molecule is CCc1nsc(N2CCN(C(=NC)NCCc3c[nH]c4ccccc34)CC2)n1.I. The number of hydrogen-bond acceptors (Lipinski definition) is 5. The summed E-state index contributed by atoms with van der Waals surface area (Å²) in [6.07, 6.45) is 3.97. The number of nitrogens with zero attached hydrogens (tertiary/aromatic N) is 5. The summed E-state index contributed by atoms with van der Waals surface area (Å²) in [6, 6.07) is 8.44. The number of hydrogen-bond donors (Lipinski definition) is 2. The molecule has 0 bridgehead atoms. The fourth-order valence-electron chi connectivity index (χ4n) is 3.61. The second-order valence-electron chi connectivity index (χ2n) is 6.90. The van der Waals surface area contributed by atoms with Gasteiger partial charge < -0.3 is 20.1 Å². The van der Waals surface area contributed by atoms with E-state index in [4.69, 9.17) is 0 Å².